The summed E-state index contributed by atoms with van der Waals surface area (Å²) in [5.41, 5.74) is 2.30. The lowest BCUT2D eigenvalue weighted by Crippen LogP contribution is -2.32. The fraction of sp³-hybridized carbons (Fsp3) is 0.261. The SMILES string of the molecule is COc1cc(Nc2cncc(-c3ccc(O)cc3)n2)c(Cl)cc1C(=O)NCC1CCCO1. The predicted molar refractivity (Wildman–Crippen MR) is 122 cm³/mol. The van der Waals surface area contributed by atoms with Gasteiger partial charge in [0.2, 0.25) is 0 Å². The molecule has 1 aliphatic rings. The van der Waals surface area contributed by atoms with Gasteiger partial charge in [0, 0.05) is 24.8 Å². The molecule has 3 N–H and O–H groups in total. The highest BCUT2D eigenvalue weighted by molar-refractivity contribution is 6.33. The summed E-state index contributed by atoms with van der Waals surface area (Å²) in [7, 11) is 1.50. The molecule has 0 radical (unpaired) electrons. The Balaban J connectivity index is 1.52. The summed E-state index contributed by atoms with van der Waals surface area (Å²) >= 11 is 6.46. The molecule has 0 saturated carbocycles. The highest BCUT2D eigenvalue weighted by Crippen LogP contribution is 2.33. The van der Waals surface area contributed by atoms with Gasteiger partial charge in [-0.15, -0.1) is 0 Å². The quantitative estimate of drug-likeness (QED) is 0.492. The van der Waals surface area contributed by atoms with Crippen molar-refractivity contribution < 1.29 is 19.4 Å². The van der Waals surface area contributed by atoms with Gasteiger partial charge in [-0.1, -0.05) is 11.6 Å². The van der Waals surface area contributed by atoms with E-state index in [1.807, 2.05) is 0 Å². The molecular weight excluding hydrogens is 432 g/mol. The van der Waals surface area contributed by atoms with Crippen LogP contribution in [0.4, 0.5) is 11.5 Å². The monoisotopic (exact) mass is 454 g/mol. The topological polar surface area (TPSA) is 106 Å². The Hall–Kier alpha value is -3.36. The zero-order valence-corrected chi connectivity index (χ0v) is 18.2. The molecule has 1 aliphatic heterocycles. The molecule has 1 saturated heterocycles. The summed E-state index contributed by atoms with van der Waals surface area (Å²) in [4.78, 5) is 21.4. The van der Waals surface area contributed by atoms with E-state index in [2.05, 4.69) is 20.6 Å². The van der Waals surface area contributed by atoms with Gasteiger partial charge < -0.3 is 25.2 Å². The van der Waals surface area contributed by atoms with Gasteiger partial charge in [-0.3, -0.25) is 9.78 Å². The number of aromatic nitrogens is 2. The van der Waals surface area contributed by atoms with Crippen molar-refractivity contribution in [1.29, 1.82) is 0 Å². The summed E-state index contributed by atoms with van der Waals surface area (Å²) in [6, 6.07) is 9.89. The van der Waals surface area contributed by atoms with Gasteiger partial charge in [0.1, 0.15) is 17.3 Å². The van der Waals surface area contributed by atoms with Crippen molar-refractivity contribution in [3.63, 3.8) is 0 Å². The number of anilines is 2. The molecule has 3 aromatic rings. The number of halogens is 1. The van der Waals surface area contributed by atoms with Crippen LogP contribution in [-0.2, 0) is 4.74 Å². The highest BCUT2D eigenvalue weighted by atomic mass is 35.5. The first-order chi connectivity index (χ1) is 15.5. The third-order valence-corrected chi connectivity index (χ3v) is 5.42. The minimum atomic E-state index is -0.278. The van der Waals surface area contributed by atoms with E-state index < -0.39 is 0 Å². The van der Waals surface area contributed by atoms with Gasteiger partial charge in [0.15, 0.2) is 0 Å². The number of phenols is 1. The van der Waals surface area contributed by atoms with E-state index in [-0.39, 0.29) is 17.8 Å². The molecule has 0 aliphatic carbocycles. The Labute approximate surface area is 190 Å². The molecule has 1 unspecified atom stereocenters. The Morgan fingerprint density at radius 2 is 2.09 bits per heavy atom. The molecule has 166 valence electrons. The Bertz CT molecular complexity index is 1100. The fourth-order valence-electron chi connectivity index (χ4n) is 3.44. The molecule has 1 aromatic heterocycles. The molecule has 2 heterocycles. The van der Waals surface area contributed by atoms with Crippen LogP contribution in [0.1, 0.15) is 23.2 Å². The lowest BCUT2D eigenvalue weighted by Gasteiger charge is -2.15. The summed E-state index contributed by atoms with van der Waals surface area (Å²) in [6.07, 6.45) is 5.18. The second-order valence-electron chi connectivity index (χ2n) is 7.34. The number of ether oxygens (including phenoxy) is 2. The van der Waals surface area contributed by atoms with Crippen molar-refractivity contribution in [2.75, 3.05) is 25.6 Å². The van der Waals surface area contributed by atoms with Crippen molar-refractivity contribution in [2.45, 2.75) is 18.9 Å². The van der Waals surface area contributed by atoms with Crippen LogP contribution < -0.4 is 15.4 Å². The summed E-state index contributed by atoms with van der Waals surface area (Å²) in [5, 5.41) is 15.8. The molecule has 1 fully saturated rings. The maximum atomic E-state index is 12.7. The molecule has 9 heteroatoms. The maximum absolute atomic E-state index is 12.7. The maximum Gasteiger partial charge on any atom is 0.255 e. The normalized spacial score (nSPS) is 15.4. The van der Waals surface area contributed by atoms with Crippen LogP contribution >= 0.6 is 11.6 Å². The zero-order chi connectivity index (χ0) is 22.5. The van der Waals surface area contributed by atoms with Crippen molar-refractivity contribution >= 4 is 29.0 Å². The van der Waals surface area contributed by atoms with Crippen LogP contribution in [-0.4, -0.2) is 47.3 Å². The van der Waals surface area contributed by atoms with E-state index >= 15 is 0 Å². The third-order valence-electron chi connectivity index (χ3n) is 5.11. The van der Waals surface area contributed by atoms with E-state index in [4.69, 9.17) is 21.1 Å². The molecule has 4 rings (SSSR count). The summed E-state index contributed by atoms with van der Waals surface area (Å²) in [5.74, 6) is 0.745. The van der Waals surface area contributed by atoms with Crippen LogP contribution in [0.2, 0.25) is 5.02 Å². The lowest BCUT2D eigenvalue weighted by molar-refractivity contribution is 0.0855. The van der Waals surface area contributed by atoms with Gasteiger partial charge >= 0.3 is 0 Å². The van der Waals surface area contributed by atoms with Crippen LogP contribution in [0, 0.1) is 0 Å². The smallest absolute Gasteiger partial charge is 0.255 e. The summed E-state index contributed by atoms with van der Waals surface area (Å²) < 4.78 is 11.0. The first-order valence-electron chi connectivity index (χ1n) is 10.2. The molecule has 1 atom stereocenters. The van der Waals surface area contributed by atoms with Gasteiger partial charge in [-0.2, -0.15) is 0 Å². The zero-order valence-electron chi connectivity index (χ0n) is 17.5. The first kappa shape index (κ1) is 21.9. The van der Waals surface area contributed by atoms with Crippen LogP contribution in [0.3, 0.4) is 0 Å². The van der Waals surface area contributed by atoms with Crippen LogP contribution in [0.25, 0.3) is 11.3 Å². The Kier molecular flexibility index (Phi) is 6.72. The second kappa shape index (κ2) is 9.84. The second-order valence-corrected chi connectivity index (χ2v) is 7.75. The molecule has 0 bridgehead atoms. The molecule has 8 nitrogen and oxygen atoms in total. The van der Waals surface area contributed by atoms with Crippen molar-refractivity contribution in [1.82, 2.24) is 15.3 Å². The standard InChI is InChI=1S/C23H23ClN4O4/c1-31-21-10-19(18(24)9-17(21)23(30)26-11-16-3-2-8-32-16)27-22-13-25-12-20(28-22)14-4-6-15(29)7-5-14/h4-7,9-10,12-13,16,29H,2-3,8,11H2,1H3,(H,26,30)(H,27,28). The Morgan fingerprint density at radius 3 is 2.81 bits per heavy atom. The first-order valence-corrected chi connectivity index (χ1v) is 10.6. The number of amides is 1. The van der Waals surface area contributed by atoms with E-state index in [1.165, 1.54) is 7.11 Å². The minimum absolute atomic E-state index is 0.0424. The number of phenolic OH excluding ortho intramolecular Hbond substituents is 1. The average Bonchev–Trinajstić information content (AvgIpc) is 3.33. The van der Waals surface area contributed by atoms with E-state index in [0.717, 1.165) is 25.0 Å². The number of nitrogens with one attached hydrogen (secondary N) is 2. The third kappa shape index (κ3) is 5.09. The highest BCUT2D eigenvalue weighted by Gasteiger charge is 2.20. The van der Waals surface area contributed by atoms with Crippen LogP contribution in [0.5, 0.6) is 11.5 Å². The van der Waals surface area contributed by atoms with E-state index in [9.17, 15) is 9.90 Å². The lowest BCUT2D eigenvalue weighted by atomic mass is 10.1. The van der Waals surface area contributed by atoms with Crippen molar-refractivity contribution in [2.24, 2.45) is 0 Å². The number of hydrogen-bond donors (Lipinski definition) is 3. The summed E-state index contributed by atoms with van der Waals surface area (Å²) in [6.45, 7) is 1.17. The number of aromatic hydroxyl groups is 1. The van der Waals surface area contributed by atoms with E-state index in [1.54, 1.807) is 48.8 Å². The number of hydrogen-bond acceptors (Lipinski definition) is 7. The molecule has 0 spiro atoms. The molecule has 2 aromatic carbocycles. The average molecular weight is 455 g/mol. The van der Waals surface area contributed by atoms with E-state index in [0.29, 0.717) is 40.1 Å². The Morgan fingerprint density at radius 1 is 1.28 bits per heavy atom. The van der Waals surface area contributed by atoms with Gasteiger partial charge in [-0.25, -0.2) is 4.98 Å². The number of benzene rings is 2. The number of carbonyl (C=O) groups is 1. The van der Waals surface area contributed by atoms with Gasteiger partial charge in [-0.05, 0) is 43.2 Å². The minimum Gasteiger partial charge on any atom is -0.508 e. The van der Waals surface area contributed by atoms with Crippen LogP contribution in [0.15, 0.2) is 48.8 Å². The molecule has 1 amide bonds. The molecular formula is C23H23ClN4O4. The molecule has 32 heavy (non-hydrogen) atoms. The number of nitrogens with zero attached hydrogens (tertiary/aromatic N) is 2. The van der Waals surface area contributed by atoms with Crippen molar-refractivity contribution in [3.05, 3.63) is 59.4 Å². The number of carbonyl (C=O) groups excluding carboxylic acids is 1. The van der Waals surface area contributed by atoms with Gasteiger partial charge in [0.05, 0.1) is 47.6 Å². The van der Waals surface area contributed by atoms with Crippen molar-refractivity contribution in [3.8, 4) is 22.8 Å². The largest absolute Gasteiger partial charge is 0.508 e. The van der Waals surface area contributed by atoms with Gasteiger partial charge in [0.25, 0.3) is 5.91 Å². The number of rotatable bonds is 7. The predicted octanol–water partition coefficient (Wildman–Crippen LogP) is 4.16. The fourth-order valence-corrected chi connectivity index (χ4v) is 3.65. The number of methoxy groups -OCH3 is 1.